The molecule has 2 aromatic rings. The van der Waals surface area contributed by atoms with Gasteiger partial charge < -0.3 is 4.74 Å². The molecule has 0 spiro atoms. The first-order valence-corrected chi connectivity index (χ1v) is 6.75. The van der Waals surface area contributed by atoms with Crippen LogP contribution < -0.4 is 4.90 Å². The molecule has 1 aromatic heterocycles. The second kappa shape index (κ2) is 5.10. The lowest BCUT2D eigenvalue weighted by Crippen LogP contribution is -2.30. The molecule has 0 saturated carbocycles. The molecule has 1 aromatic carbocycles. The summed E-state index contributed by atoms with van der Waals surface area (Å²) in [6, 6.07) is 6.94. The van der Waals surface area contributed by atoms with Gasteiger partial charge in [0.2, 0.25) is 0 Å². The number of H-pyrrole nitrogens is 1. The zero-order chi connectivity index (χ0) is 15.9. The molecule has 0 radical (unpaired) electrons. The van der Waals surface area contributed by atoms with Crippen molar-refractivity contribution in [3.05, 3.63) is 46.8 Å². The molecule has 2 amide bonds. The third kappa shape index (κ3) is 1.98. The van der Waals surface area contributed by atoms with Crippen LogP contribution in [0.4, 0.5) is 5.69 Å². The molecule has 0 fully saturated rings. The maximum absolute atomic E-state index is 12.5. The average molecular weight is 299 g/mol. The van der Waals surface area contributed by atoms with Gasteiger partial charge in [-0.05, 0) is 26.0 Å². The molecule has 3 rings (SSSR count). The van der Waals surface area contributed by atoms with E-state index in [2.05, 4.69) is 10.2 Å². The van der Waals surface area contributed by atoms with Crippen LogP contribution in [0, 0.1) is 6.92 Å². The van der Waals surface area contributed by atoms with Gasteiger partial charge >= 0.3 is 5.97 Å². The zero-order valence-electron chi connectivity index (χ0n) is 12.0. The number of nitrogens with one attached hydrogen (secondary N) is 1. The van der Waals surface area contributed by atoms with Crippen LogP contribution in [0.25, 0.3) is 0 Å². The number of carbonyl (C=O) groups excluding carboxylic acids is 3. The van der Waals surface area contributed by atoms with Gasteiger partial charge in [-0.2, -0.15) is 5.10 Å². The minimum absolute atomic E-state index is 0.0379. The number of hydrogen-bond acceptors (Lipinski definition) is 5. The van der Waals surface area contributed by atoms with Crippen LogP contribution in [0.5, 0.6) is 0 Å². The highest BCUT2D eigenvalue weighted by molar-refractivity contribution is 6.35. The van der Waals surface area contributed by atoms with Crippen LogP contribution in [0.2, 0.25) is 0 Å². The zero-order valence-corrected chi connectivity index (χ0v) is 12.0. The Morgan fingerprint density at radius 2 is 1.91 bits per heavy atom. The van der Waals surface area contributed by atoms with Gasteiger partial charge in [0.05, 0.1) is 12.3 Å². The first-order valence-electron chi connectivity index (χ1n) is 6.75. The Morgan fingerprint density at radius 3 is 2.55 bits per heavy atom. The number of imide groups is 1. The topological polar surface area (TPSA) is 92.4 Å². The highest BCUT2D eigenvalue weighted by atomic mass is 16.5. The van der Waals surface area contributed by atoms with Crippen LogP contribution in [0.1, 0.15) is 43.8 Å². The van der Waals surface area contributed by atoms with Crippen molar-refractivity contribution < 1.29 is 19.1 Å². The number of fused-ring (bicyclic) bond motifs is 1. The summed E-state index contributed by atoms with van der Waals surface area (Å²) in [7, 11) is 0. The molecule has 1 aliphatic heterocycles. The average Bonchev–Trinajstić information content (AvgIpc) is 3.03. The largest absolute Gasteiger partial charge is 0.461 e. The lowest BCUT2D eigenvalue weighted by atomic mass is 10.2. The molecule has 2 heterocycles. The molecule has 0 unspecified atom stereocenters. The van der Waals surface area contributed by atoms with Crippen molar-refractivity contribution in [3.8, 4) is 0 Å². The number of carbonyl (C=O) groups is 3. The summed E-state index contributed by atoms with van der Waals surface area (Å²) in [5.74, 6) is -1.85. The van der Waals surface area contributed by atoms with Crippen LogP contribution in [0.3, 0.4) is 0 Å². The Morgan fingerprint density at radius 1 is 1.23 bits per heavy atom. The highest BCUT2D eigenvalue weighted by Crippen LogP contribution is 2.29. The summed E-state index contributed by atoms with van der Waals surface area (Å²) in [4.78, 5) is 37.7. The monoisotopic (exact) mass is 299 g/mol. The number of nitrogens with zero attached hydrogens (tertiary/aromatic N) is 2. The Kier molecular flexibility index (Phi) is 3.25. The van der Waals surface area contributed by atoms with Crippen LogP contribution in [0.15, 0.2) is 24.3 Å². The van der Waals surface area contributed by atoms with Crippen molar-refractivity contribution in [2.45, 2.75) is 13.8 Å². The molecule has 112 valence electrons. The van der Waals surface area contributed by atoms with Crippen molar-refractivity contribution >= 4 is 23.5 Å². The first kappa shape index (κ1) is 14.0. The standard InChI is InChI=1S/C15H13N3O4/c1-3-22-15(21)12-10-11(16-17-12)14(20)18(13(10)19)9-6-4-8(2)5-7-9/h4-7H,3H2,1-2H3,(H,16,17). The Bertz CT molecular complexity index is 777. The number of ether oxygens (including phenoxy) is 1. The van der Waals surface area contributed by atoms with Crippen LogP contribution >= 0.6 is 0 Å². The summed E-state index contributed by atoms with van der Waals surface area (Å²) < 4.78 is 4.86. The van der Waals surface area contributed by atoms with Gasteiger partial charge in [-0.1, -0.05) is 17.7 Å². The van der Waals surface area contributed by atoms with E-state index < -0.39 is 17.8 Å². The van der Waals surface area contributed by atoms with Crippen molar-refractivity contribution in [3.63, 3.8) is 0 Å². The smallest absolute Gasteiger partial charge is 0.357 e. The minimum atomic E-state index is -0.705. The van der Waals surface area contributed by atoms with Crippen molar-refractivity contribution in [1.29, 1.82) is 0 Å². The van der Waals surface area contributed by atoms with E-state index in [1.54, 1.807) is 31.2 Å². The number of hydrogen-bond donors (Lipinski definition) is 1. The van der Waals surface area contributed by atoms with E-state index in [1.165, 1.54) is 0 Å². The molecule has 0 atom stereocenters. The summed E-state index contributed by atoms with van der Waals surface area (Å²) >= 11 is 0. The second-order valence-electron chi connectivity index (χ2n) is 4.82. The van der Waals surface area contributed by atoms with Gasteiger partial charge in [-0.25, -0.2) is 9.69 Å². The van der Waals surface area contributed by atoms with E-state index in [1.807, 2.05) is 6.92 Å². The number of amides is 2. The predicted molar refractivity (Wildman–Crippen MR) is 76.9 cm³/mol. The van der Waals surface area contributed by atoms with Gasteiger partial charge in [0, 0.05) is 0 Å². The molecule has 0 aliphatic carbocycles. The Labute approximate surface area is 125 Å². The number of anilines is 1. The fourth-order valence-electron chi connectivity index (χ4n) is 2.29. The van der Waals surface area contributed by atoms with E-state index in [0.717, 1.165) is 10.5 Å². The normalized spacial score (nSPS) is 13.5. The van der Waals surface area contributed by atoms with Gasteiger partial charge in [0.1, 0.15) is 5.56 Å². The fourth-order valence-corrected chi connectivity index (χ4v) is 2.29. The number of aromatic amines is 1. The molecular formula is C15H13N3O4. The SMILES string of the molecule is CCOC(=O)c1[nH]nc2c1C(=O)N(c1ccc(C)cc1)C2=O. The van der Waals surface area contributed by atoms with Crippen LogP contribution in [-0.2, 0) is 4.74 Å². The number of esters is 1. The van der Waals surface area contributed by atoms with E-state index >= 15 is 0 Å². The van der Waals surface area contributed by atoms with E-state index in [0.29, 0.717) is 5.69 Å². The molecule has 22 heavy (non-hydrogen) atoms. The van der Waals surface area contributed by atoms with E-state index in [9.17, 15) is 14.4 Å². The third-order valence-electron chi connectivity index (χ3n) is 3.36. The molecular weight excluding hydrogens is 286 g/mol. The lowest BCUT2D eigenvalue weighted by Gasteiger charge is -2.14. The van der Waals surface area contributed by atoms with Gasteiger partial charge in [0.15, 0.2) is 11.4 Å². The molecule has 7 heteroatoms. The molecule has 1 N–H and O–H groups in total. The van der Waals surface area contributed by atoms with Gasteiger partial charge in [-0.15, -0.1) is 0 Å². The van der Waals surface area contributed by atoms with E-state index in [4.69, 9.17) is 4.74 Å². The van der Waals surface area contributed by atoms with Crippen molar-refractivity contribution in [2.75, 3.05) is 11.5 Å². The quantitative estimate of drug-likeness (QED) is 0.688. The number of rotatable bonds is 3. The second-order valence-corrected chi connectivity index (χ2v) is 4.82. The maximum Gasteiger partial charge on any atom is 0.357 e. The summed E-state index contributed by atoms with van der Waals surface area (Å²) in [6.45, 7) is 3.72. The molecule has 1 aliphatic rings. The Hall–Kier alpha value is -2.96. The summed E-state index contributed by atoms with van der Waals surface area (Å²) in [5, 5.41) is 6.20. The minimum Gasteiger partial charge on any atom is -0.461 e. The summed E-state index contributed by atoms with van der Waals surface area (Å²) in [6.07, 6.45) is 0. The Balaban J connectivity index is 2.02. The lowest BCUT2D eigenvalue weighted by molar-refractivity contribution is 0.0516. The van der Waals surface area contributed by atoms with Gasteiger partial charge in [0.25, 0.3) is 11.8 Å². The molecule has 0 saturated heterocycles. The predicted octanol–water partition coefficient (Wildman–Crippen LogP) is 1.70. The fraction of sp³-hybridized carbons (Fsp3) is 0.200. The third-order valence-corrected chi connectivity index (χ3v) is 3.36. The number of aryl methyl sites for hydroxylation is 1. The van der Waals surface area contributed by atoms with Crippen molar-refractivity contribution in [1.82, 2.24) is 10.2 Å². The molecule has 0 bridgehead atoms. The number of aromatic nitrogens is 2. The maximum atomic E-state index is 12.5. The van der Waals surface area contributed by atoms with Gasteiger partial charge in [-0.3, -0.25) is 14.7 Å². The van der Waals surface area contributed by atoms with Crippen LogP contribution in [-0.4, -0.2) is 34.6 Å². The van der Waals surface area contributed by atoms with E-state index in [-0.39, 0.29) is 23.6 Å². The highest BCUT2D eigenvalue weighted by Gasteiger charge is 2.43. The first-order chi connectivity index (χ1) is 10.5. The molecule has 7 nitrogen and oxygen atoms in total. The number of benzene rings is 1. The summed E-state index contributed by atoms with van der Waals surface area (Å²) in [5.41, 5.74) is 1.25. The van der Waals surface area contributed by atoms with Crippen molar-refractivity contribution in [2.24, 2.45) is 0 Å².